The molecule has 1 saturated carbocycles. The van der Waals surface area contributed by atoms with Crippen molar-refractivity contribution < 1.29 is 9.53 Å². The van der Waals surface area contributed by atoms with Crippen molar-refractivity contribution in [3.05, 3.63) is 18.0 Å². The summed E-state index contributed by atoms with van der Waals surface area (Å²) in [5, 5.41) is 0. The van der Waals surface area contributed by atoms with Gasteiger partial charge in [-0.2, -0.15) is 0 Å². The molecule has 0 bridgehead atoms. The second kappa shape index (κ2) is 6.22. The highest BCUT2D eigenvalue weighted by Crippen LogP contribution is 2.39. The molecule has 6 heteroatoms. The molecule has 1 amide bonds. The van der Waals surface area contributed by atoms with E-state index in [2.05, 4.69) is 21.8 Å². The van der Waals surface area contributed by atoms with E-state index in [0.717, 1.165) is 5.95 Å². The molecular formula is C18H28N4O2. The molecule has 6 nitrogen and oxygen atoms in total. The predicted molar refractivity (Wildman–Crippen MR) is 93.2 cm³/mol. The Hall–Kier alpha value is -1.85. The van der Waals surface area contributed by atoms with Crippen LogP contribution in [0.5, 0.6) is 0 Å². The molecule has 1 aromatic rings. The average Bonchev–Trinajstić information content (AvgIpc) is 3.32. The number of nitrogens with zero attached hydrogens (tertiary/aromatic N) is 4. The zero-order valence-electron chi connectivity index (χ0n) is 15.3. The van der Waals surface area contributed by atoms with Gasteiger partial charge < -0.3 is 14.5 Å². The fraction of sp³-hybridized carbons (Fsp3) is 0.722. The molecule has 1 aliphatic heterocycles. The molecule has 132 valence electrons. The first-order chi connectivity index (χ1) is 11.2. The maximum Gasteiger partial charge on any atom is 0.410 e. The smallest absolute Gasteiger partial charge is 0.410 e. The molecular weight excluding hydrogens is 304 g/mol. The van der Waals surface area contributed by atoms with E-state index >= 15 is 0 Å². The fourth-order valence-corrected chi connectivity index (χ4v) is 3.09. The van der Waals surface area contributed by atoms with Crippen LogP contribution in [0.4, 0.5) is 10.7 Å². The number of piperazine rings is 1. The van der Waals surface area contributed by atoms with E-state index in [-0.39, 0.29) is 18.2 Å². The van der Waals surface area contributed by atoms with E-state index in [9.17, 15) is 4.79 Å². The van der Waals surface area contributed by atoms with Gasteiger partial charge in [-0.25, -0.2) is 14.8 Å². The summed E-state index contributed by atoms with van der Waals surface area (Å²) in [6.45, 7) is 11.1. The van der Waals surface area contributed by atoms with Crippen LogP contribution in [-0.2, 0) is 4.74 Å². The minimum atomic E-state index is -0.473. The summed E-state index contributed by atoms with van der Waals surface area (Å²) in [4.78, 5) is 25.5. The number of anilines is 1. The maximum atomic E-state index is 12.4. The second-order valence-corrected chi connectivity index (χ2v) is 8.07. The van der Waals surface area contributed by atoms with Crippen LogP contribution >= 0.6 is 0 Å². The van der Waals surface area contributed by atoms with Gasteiger partial charge in [-0.05, 0) is 58.9 Å². The number of ether oxygens (including phenoxy) is 1. The number of amides is 1. The van der Waals surface area contributed by atoms with E-state index in [4.69, 9.17) is 4.74 Å². The van der Waals surface area contributed by atoms with Crippen LogP contribution in [0, 0.1) is 0 Å². The van der Waals surface area contributed by atoms with Crippen LogP contribution in [0.3, 0.4) is 0 Å². The lowest BCUT2D eigenvalue weighted by atomic mass is 10.1. The summed E-state index contributed by atoms with van der Waals surface area (Å²) in [6, 6.07) is 0.211. The lowest BCUT2D eigenvalue weighted by Crippen LogP contribution is -2.59. The molecule has 1 aliphatic carbocycles. The first-order valence-corrected chi connectivity index (χ1v) is 8.83. The molecule has 0 aromatic carbocycles. The van der Waals surface area contributed by atoms with Crippen LogP contribution in [0.2, 0.25) is 0 Å². The molecule has 2 fully saturated rings. The molecule has 0 unspecified atom stereocenters. The van der Waals surface area contributed by atoms with Crippen molar-refractivity contribution in [2.45, 2.75) is 71.1 Å². The van der Waals surface area contributed by atoms with Crippen LogP contribution in [0.25, 0.3) is 0 Å². The number of carbonyl (C=O) groups excluding carboxylic acids is 1. The Balaban J connectivity index is 1.67. The summed E-state index contributed by atoms with van der Waals surface area (Å²) in [6.07, 6.45) is 6.18. The van der Waals surface area contributed by atoms with Crippen molar-refractivity contribution in [2.75, 3.05) is 18.0 Å². The van der Waals surface area contributed by atoms with Crippen molar-refractivity contribution >= 4 is 12.0 Å². The van der Waals surface area contributed by atoms with Gasteiger partial charge in [-0.3, -0.25) is 0 Å². The lowest BCUT2D eigenvalue weighted by Gasteiger charge is -2.44. The van der Waals surface area contributed by atoms with Crippen molar-refractivity contribution in [3.8, 4) is 0 Å². The Bertz CT molecular complexity index is 592. The molecule has 2 atom stereocenters. The Morgan fingerprint density at radius 3 is 2.29 bits per heavy atom. The van der Waals surface area contributed by atoms with E-state index in [1.807, 2.05) is 45.0 Å². The summed E-state index contributed by atoms with van der Waals surface area (Å²) < 4.78 is 5.52. The topological polar surface area (TPSA) is 58.6 Å². The van der Waals surface area contributed by atoms with Gasteiger partial charge in [0, 0.05) is 37.6 Å². The molecule has 2 aliphatic rings. The first kappa shape index (κ1) is 17.0. The maximum absolute atomic E-state index is 12.4. The summed E-state index contributed by atoms with van der Waals surface area (Å²) in [5.74, 6) is 1.42. The second-order valence-electron chi connectivity index (χ2n) is 8.07. The Labute approximate surface area is 144 Å². The van der Waals surface area contributed by atoms with Gasteiger partial charge in [0.2, 0.25) is 5.95 Å². The summed E-state index contributed by atoms with van der Waals surface area (Å²) in [5.41, 5.74) is 0.769. The number of hydrogen-bond donors (Lipinski definition) is 0. The van der Waals surface area contributed by atoms with E-state index < -0.39 is 5.60 Å². The SMILES string of the molecule is C[C@@H]1CN(c2ncc(C3CC3)cn2)[C@@H](C)CN1C(=O)OC(C)(C)C. The number of hydrogen-bond acceptors (Lipinski definition) is 5. The van der Waals surface area contributed by atoms with Gasteiger partial charge in [0.15, 0.2) is 0 Å². The van der Waals surface area contributed by atoms with Crippen LogP contribution in [0.15, 0.2) is 12.4 Å². The minimum Gasteiger partial charge on any atom is -0.444 e. The Morgan fingerprint density at radius 1 is 1.12 bits per heavy atom. The number of rotatable bonds is 2. The van der Waals surface area contributed by atoms with E-state index in [1.54, 1.807) is 0 Å². The third-order valence-electron chi connectivity index (χ3n) is 4.58. The zero-order valence-corrected chi connectivity index (χ0v) is 15.3. The highest BCUT2D eigenvalue weighted by Gasteiger charge is 2.35. The molecule has 0 spiro atoms. The van der Waals surface area contributed by atoms with Crippen LogP contribution < -0.4 is 4.90 Å². The number of aromatic nitrogens is 2. The van der Waals surface area contributed by atoms with Crippen molar-refractivity contribution in [1.82, 2.24) is 14.9 Å². The number of carbonyl (C=O) groups is 1. The third kappa shape index (κ3) is 3.79. The van der Waals surface area contributed by atoms with Gasteiger partial charge in [0.05, 0.1) is 0 Å². The fourth-order valence-electron chi connectivity index (χ4n) is 3.09. The van der Waals surface area contributed by atoms with Crippen LogP contribution in [-0.4, -0.2) is 51.7 Å². The summed E-state index contributed by atoms with van der Waals surface area (Å²) in [7, 11) is 0. The van der Waals surface area contributed by atoms with Crippen molar-refractivity contribution in [3.63, 3.8) is 0 Å². The highest BCUT2D eigenvalue weighted by atomic mass is 16.6. The highest BCUT2D eigenvalue weighted by molar-refractivity contribution is 5.69. The van der Waals surface area contributed by atoms with E-state index in [0.29, 0.717) is 19.0 Å². The van der Waals surface area contributed by atoms with Crippen molar-refractivity contribution in [2.24, 2.45) is 0 Å². The van der Waals surface area contributed by atoms with Gasteiger partial charge in [-0.15, -0.1) is 0 Å². The molecule has 3 rings (SSSR count). The van der Waals surface area contributed by atoms with Crippen LogP contribution in [0.1, 0.15) is 58.9 Å². The lowest BCUT2D eigenvalue weighted by molar-refractivity contribution is 0.0129. The van der Waals surface area contributed by atoms with Gasteiger partial charge in [0.1, 0.15) is 5.60 Å². The predicted octanol–water partition coefficient (Wildman–Crippen LogP) is 3.19. The van der Waals surface area contributed by atoms with Gasteiger partial charge in [-0.1, -0.05) is 0 Å². The standard InChI is InChI=1S/C18H28N4O2/c1-12-11-22(17(23)24-18(3,4)5)13(2)10-21(12)16-19-8-15(9-20-16)14-6-7-14/h8-9,12-14H,6-7,10-11H2,1-5H3/t12-,13+/m0/s1. The van der Waals surface area contributed by atoms with Crippen molar-refractivity contribution in [1.29, 1.82) is 0 Å². The summed E-state index contributed by atoms with van der Waals surface area (Å²) >= 11 is 0. The van der Waals surface area contributed by atoms with E-state index in [1.165, 1.54) is 18.4 Å². The molecule has 1 saturated heterocycles. The minimum absolute atomic E-state index is 0.0581. The monoisotopic (exact) mass is 332 g/mol. The third-order valence-corrected chi connectivity index (χ3v) is 4.58. The van der Waals surface area contributed by atoms with Gasteiger partial charge >= 0.3 is 6.09 Å². The largest absolute Gasteiger partial charge is 0.444 e. The average molecular weight is 332 g/mol. The quantitative estimate of drug-likeness (QED) is 0.832. The molecule has 2 heterocycles. The Morgan fingerprint density at radius 2 is 1.75 bits per heavy atom. The van der Waals surface area contributed by atoms with Gasteiger partial charge in [0.25, 0.3) is 0 Å². The molecule has 0 N–H and O–H groups in total. The zero-order chi connectivity index (χ0) is 17.5. The molecule has 24 heavy (non-hydrogen) atoms. The first-order valence-electron chi connectivity index (χ1n) is 8.83. The normalized spacial score (nSPS) is 24.9. The molecule has 0 radical (unpaired) electrons. The molecule has 1 aromatic heterocycles. The Kier molecular flexibility index (Phi) is 4.40.